The molecule has 0 amide bonds. The van der Waals surface area contributed by atoms with Crippen LogP contribution < -0.4 is 0 Å². The van der Waals surface area contributed by atoms with Crippen molar-refractivity contribution in [3.05, 3.63) is 24.3 Å². The highest BCUT2D eigenvalue weighted by atomic mass is 35.5. The molecule has 0 saturated carbocycles. The zero-order valence-electron chi connectivity index (χ0n) is 5.57. The Hall–Kier alpha value is -0.800. The smallest absolute Gasteiger partial charge is 0.314 e. The highest BCUT2D eigenvalue weighted by Gasteiger charge is 2.36. The van der Waals surface area contributed by atoms with Crippen molar-refractivity contribution < 1.29 is 15.0 Å². The summed E-state index contributed by atoms with van der Waals surface area (Å²) in [4.78, 5) is 10.4. The van der Waals surface area contributed by atoms with E-state index >= 15 is 0 Å². The summed E-state index contributed by atoms with van der Waals surface area (Å²) in [6.07, 6.45) is 5.63. The molecule has 0 aromatic heterocycles. The molecule has 2 unspecified atom stereocenters. The van der Waals surface area contributed by atoms with Gasteiger partial charge in [0.2, 0.25) is 0 Å². The Labute approximate surface area is 68.6 Å². The quantitative estimate of drug-likeness (QED) is 0.577. The number of hydrogen-bond donors (Lipinski definition) is 2. The van der Waals surface area contributed by atoms with Crippen molar-refractivity contribution >= 4 is 17.6 Å². The van der Waals surface area contributed by atoms with Gasteiger partial charge >= 0.3 is 5.97 Å². The average molecular weight is 175 g/mol. The van der Waals surface area contributed by atoms with Crippen LogP contribution in [0.25, 0.3) is 0 Å². The maximum Gasteiger partial charge on any atom is 0.314 e. The monoisotopic (exact) mass is 174 g/mol. The fourth-order valence-electron chi connectivity index (χ4n) is 0.860. The van der Waals surface area contributed by atoms with Crippen molar-refractivity contribution in [1.82, 2.24) is 0 Å². The molecule has 1 aliphatic carbocycles. The summed E-state index contributed by atoms with van der Waals surface area (Å²) in [5.41, 5.74) is 0. The van der Waals surface area contributed by atoms with E-state index in [0.717, 1.165) is 0 Å². The SMILES string of the molecule is O=C(O)C1C=CC=CC1(O)Cl. The number of carboxylic acids is 1. The molecule has 4 heteroatoms. The summed E-state index contributed by atoms with van der Waals surface area (Å²) in [5, 5.41) is 16.0. The van der Waals surface area contributed by atoms with Gasteiger partial charge in [0.25, 0.3) is 0 Å². The highest BCUT2D eigenvalue weighted by molar-refractivity contribution is 6.25. The molecule has 0 aliphatic heterocycles. The third-order valence-corrected chi connectivity index (χ3v) is 1.81. The maximum atomic E-state index is 10.4. The second kappa shape index (κ2) is 2.68. The Morgan fingerprint density at radius 3 is 2.55 bits per heavy atom. The van der Waals surface area contributed by atoms with Crippen molar-refractivity contribution in [3.8, 4) is 0 Å². The molecule has 0 spiro atoms. The molecule has 3 nitrogen and oxygen atoms in total. The predicted molar refractivity (Wildman–Crippen MR) is 40.2 cm³/mol. The lowest BCUT2D eigenvalue weighted by Crippen LogP contribution is -2.35. The molecule has 0 bridgehead atoms. The number of aliphatic carboxylic acids is 1. The summed E-state index contributed by atoms with van der Waals surface area (Å²) in [6.45, 7) is 0. The lowest BCUT2D eigenvalue weighted by atomic mass is 9.97. The van der Waals surface area contributed by atoms with Gasteiger partial charge in [0.05, 0.1) is 0 Å². The van der Waals surface area contributed by atoms with Gasteiger partial charge in [-0.05, 0) is 6.08 Å². The number of halogens is 1. The van der Waals surface area contributed by atoms with E-state index in [1.807, 2.05) is 0 Å². The van der Waals surface area contributed by atoms with Crippen LogP contribution in [0.2, 0.25) is 0 Å². The molecule has 11 heavy (non-hydrogen) atoms. The van der Waals surface area contributed by atoms with Crippen LogP contribution in [-0.4, -0.2) is 21.2 Å². The number of carboxylic acid groups (broad SMARTS) is 1. The first-order valence-corrected chi connectivity index (χ1v) is 3.42. The number of hydrogen-bond acceptors (Lipinski definition) is 2. The van der Waals surface area contributed by atoms with Gasteiger partial charge in [-0.15, -0.1) is 0 Å². The van der Waals surface area contributed by atoms with Crippen molar-refractivity contribution in [3.63, 3.8) is 0 Å². The topological polar surface area (TPSA) is 57.5 Å². The minimum absolute atomic E-state index is 1.06. The van der Waals surface area contributed by atoms with E-state index < -0.39 is 16.9 Å². The Bertz CT molecular complexity index is 230. The maximum absolute atomic E-state index is 10.4. The van der Waals surface area contributed by atoms with Crippen LogP contribution in [-0.2, 0) is 4.79 Å². The predicted octanol–water partition coefficient (Wildman–Crippen LogP) is 0.741. The van der Waals surface area contributed by atoms with Gasteiger partial charge in [0.15, 0.2) is 5.06 Å². The molecule has 0 aromatic rings. The van der Waals surface area contributed by atoms with Crippen LogP contribution in [0, 0.1) is 5.92 Å². The van der Waals surface area contributed by atoms with Gasteiger partial charge in [-0.2, -0.15) is 0 Å². The van der Waals surface area contributed by atoms with Crippen LogP contribution in [0.1, 0.15) is 0 Å². The third kappa shape index (κ3) is 1.61. The second-order valence-electron chi connectivity index (χ2n) is 2.29. The van der Waals surface area contributed by atoms with E-state index in [0.29, 0.717) is 0 Å². The van der Waals surface area contributed by atoms with E-state index in [-0.39, 0.29) is 0 Å². The van der Waals surface area contributed by atoms with Gasteiger partial charge < -0.3 is 10.2 Å². The standard InChI is InChI=1S/C7H7ClO3/c8-7(11)4-2-1-3-5(7)6(9)10/h1-5,11H,(H,9,10). The molecule has 0 radical (unpaired) electrons. The third-order valence-electron chi connectivity index (χ3n) is 1.45. The molecule has 2 N–H and O–H groups in total. The molecule has 2 atom stereocenters. The molecule has 0 fully saturated rings. The zero-order chi connectivity index (χ0) is 8.48. The van der Waals surface area contributed by atoms with E-state index in [9.17, 15) is 9.90 Å². The van der Waals surface area contributed by atoms with E-state index in [1.54, 1.807) is 0 Å². The first-order valence-electron chi connectivity index (χ1n) is 3.04. The molecule has 0 aromatic carbocycles. The lowest BCUT2D eigenvalue weighted by molar-refractivity contribution is -0.143. The second-order valence-corrected chi connectivity index (χ2v) is 2.89. The number of aliphatic hydroxyl groups is 1. The van der Waals surface area contributed by atoms with Crippen LogP contribution in [0.15, 0.2) is 24.3 Å². The summed E-state index contributed by atoms with van der Waals surface area (Å²) in [5.74, 6) is -2.20. The minimum atomic E-state index is -1.78. The number of carbonyl (C=O) groups is 1. The van der Waals surface area contributed by atoms with Crippen LogP contribution in [0.4, 0.5) is 0 Å². The van der Waals surface area contributed by atoms with Gasteiger partial charge in [-0.1, -0.05) is 29.8 Å². The van der Waals surface area contributed by atoms with E-state index in [2.05, 4.69) is 0 Å². The van der Waals surface area contributed by atoms with E-state index in [4.69, 9.17) is 16.7 Å². The van der Waals surface area contributed by atoms with Gasteiger partial charge in [0, 0.05) is 0 Å². The van der Waals surface area contributed by atoms with E-state index in [1.165, 1.54) is 24.3 Å². The largest absolute Gasteiger partial charge is 0.481 e. The number of rotatable bonds is 1. The molecule has 60 valence electrons. The average Bonchev–Trinajstić information content (AvgIpc) is 1.85. The van der Waals surface area contributed by atoms with Crippen molar-refractivity contribution in [2.45, 2.75) is 5.06 Å². The minimum Gasteiger partial charge on any atom is -0.481 e. The summed E-state index contributed by atoms with van der Waals surface area (Å²) < 4.78 is 0. The van der Waals surface area contributed by atoms with Crippen molar-refractivity contribution in [2.24, 2.45) is 5.92 Å². The zero-order valence-corrected chi connectivity index (χ0v) is 6.32. The molecule has 1 aliphatic rings. The molecule has 0 heterocycles. The fourth-order valence-corrected chi connectivity index (χ4v) is 1.10. The highest BCUT2D eigenvalue weighted by Crippen LogP contribution is 2.28. The van der Waals surface area contributed by atoms with Crippen LogP contribution in [0.3, 0.4) is 0 Å². The number of allylic oxidation sites excluding steroid dienone is 2. The first-order chi connectivity index (χ1) is 5.04. The molecule has 1 rings (SSSR count). The van der Waals surface area contributed by atoms with Crippen molar-refractivity contribution in [2.75, 3.05) is 0 Å². The first kappa shape index (κ1) is 8.30. The summed E-state index contributed by atoms with van der Waals surface area (Å²) in [6, 6.07) is 0. The Kier molecular flexibility index (Phi) is 2.02. The summed E-state index contributed by atoms with van der Waals surface area (Å²) in [7, 11) is 0. The van der Waals surface area contributed by atoms with Gasteiger partial charge in [-0.25, -0.2) is 0 Å². The molecular formula is C7H7ClO3. The molecule has 0 saturated heterocycles. The summed E-state index contributed by atoms with van der Waals surface area (Å²) >= 11 is 5.47. The van der Waals surface area contributed by atoms with Gasteiger partial charge in [0.1, 0.15) is 5.92 Å². The molecular weight excluding hydrogens is 168 g/mol. The lowest BCUT2D eigenvalue weighted by Gasteiger charge is -2.23. The Morgan fingerprint density at radius 2 is 2.18 bits per heavy atom. The Balaban J connectivity index is 2.89. The van der Waals surface area contributed by atoms with Crippen LogP contribution in [0.5, 0.6) is 0 Å². The fraction of sp³-hybridized carbons (Fsp3) is 0.286. The normalized spacial score (nSPS) is 35.6. The van der Waals surface area contributed by atoms with Crippen molar-refractivity contribution in [1.29, 1.82) is 0 Å². The van der Waals surface area contributed by atoms with Crippen LogP contribution >= 0.6 is 11.6 Å². The number of alkyl halides is 1. The Morgan fingerprint density at radius 1 is 1.55 bits per heavy atom. The van der Waals surface area contributed by atoms with Gasteiger partial charge in [-0.3, -0.25) is 4.79 Å².